The SMILES string of the molecule is CC/C=C\C/C=C\C/C=C\C/C=C\C/C=C\C/C=C\C/C=C\CCCCCCCCCCCCCC(=O)NC(COP(=O)(O)OCC[N+](C)(C)C)C(O)/C=C/CCCCCCCCCCCCCCCCCCC. The maximum Gasteiger partial charge on any atom is 0.472 e. The van der Waals surface area contributed by atoms with Gasteiger partial charge < -0.3 is 19.8 Å². The quantitative estimate of drug-likeness (QED) is 0.0243. The summed E-state index contributed by atoms with van der Waals surface area (Å²) in [6, 6.07) is -0.854. The van der Waals surface area contributed by atoms with Crippen molar-refractivity contribution in [1.82, 2.24) is 5.32 Å². The highest BCUT2D eigenvalue weighted by Crippen LogP contribution is 2.43. The second kappa shape index (κ2) is 55.2. The predicted octanol–water partition coefficient (Wildman–Crippen LogP) is 19.0. The first kappa shape index (κ1) is 71.4. The minimum Gasteiger partial charge on any atom is -0.387 e. The molecule has 0 saturated heterocycles. The van der Waals surface area contributed by atoms with Crippen molar-refractivity contribution in [3.8, 4) is 0 Å². The summed E-state index contributed by atoms with van der Waals surface area (Å²) in [6.07, 6.45) is 79.4. The van der Waals surface area contributed by atoms with Crippen molar-refractivity contribution >= 4 is 13.7 Å². The second-order valence-electron chi connectivity index (χ2n) is 21.7. The molecule has 0 saturated carbocycles. The maximum atomic E-state index is 13.0. The van der Waals surface area contributed by atoms with E-state index in [0.29, 0.717) is 17.4 Å². The number of aliphatic hydroxyl groups is 1. The molecule has 0 aliphatic rings. The molecule has 0 aromatic heterocycles. The number of likely N-dealkylation sites (N-methyl/N-ethyl adjacent to an activating group) is 1. The van der Waals surface area contributed by atoms with E-state index in [0.717, 1.165) is 83.5 Å². The lowest BCUT2D eigenvalue weighted by Crippen LogP contribution is -2.45. The summed E-state index contributed by atoms with van der Waals surface area (Å²) in [5, 5.41) is 14.0. The van der Waals surface area contributed by atoms with Gasteiger partial charge in [-0.2, -0.15) is 0 Å². The number of allylic oxidation sites excluding steroid dienone is 15. The number of hydrogen-bond acceptors (Lipinski definition) is 5. The van der Waals surface area contributed by atoms with Crippen molar-refractivity contribution in [2.45, 2.75) is 270 Å². The summed E-state index contributed by atoms with van der Waals surface area (Å²) < 4.78 is 23.7. The van der Waals surface area contributed by atoms with Gasteiger partial charge in [0, 0.05) is 6.42 Å². The summed E-state index contributed by atoms with van der Waals surface area (Å²) in [5.74, 6) is -0.182. The number of amides is 1. The van der Waals surface area contributed by atoms with E-state index >= 15 is 0 Å². The lowest BCUT2D eigenvalue weighted by atomic mass is 10.0. The number of nitrogens with zero attached hydrogens (tertiary/aromatic N) is 1. The van der Waals surface area contributed by atoms with Crippen molar-refractivity contribution in [3.05, 3.63) is 97.2 Å². The van der Waals surface area contributed by atoms with Crippen LogP contribution in [0.2, 0.25) is 0 Å². The van der Waals surface area contributed by atoms with Crippen molar-refractivity contribution < 1.29 is 32.9 Å². The summed E-state index contributed by atoms with van der Waals surface area (Å²) >= 11 is 0. The number of carbonyl (C=O) groups is 1. The third-order valence-electron chi connectivity index (χ3n) is 13.3. The molecule has 0 aromatic rings. The standard InChI is InChI=1S/C65H117N2O6P/c1-6-8-10-12-14-16-18-20-22-24-26-27-28-29-30-31-32-33-34-35-36-37-38-39-41-43-45-47-49-51-53-55-57-59-65(69)66-63(62-73-74(70,71)72-61-60-67(3,4)5)64(68)58-56-54-52-50-48-46-44-42-40-25-23-21-19-17-15-13-11-9-7-2/h8,10,14,16,20,22,26-27,29-30,32-33,35-36,56,58,63-64,68H,6-7,9,11-13,15,17-19,21,23-25,28,31,34,37-55,57,59-62H2,1-5H3,(H-,66,69,70,71)/p+1/b10-8-,16-14-,22-20-,27-26-,30-29-,33-32-,36-35-,58-56+. The number of nitrogens with one attached hydrogen (secondary N) is 1. The van der Waals surface area contributed by atoms with E-state index in [1.54, 1.807) is 6.08 Å². The molecule has 8 nitrogen and oxygen atoms in total. The monoisotopic (exact) mass is 1050 g/mol. The molecule has 3 N–H and O–H groups in total. The van der Waals surface area contributed by atoms with Gasteiger partial charge in [-0.05, 0) is 77.0 Å². The number of phosphoric acid groups is 1. The Morgan fingerprint density at radius 2 is 0.811 bits per heavy atom. The van der Waals surface area contributed by atoms with Crippen LogP contribution in [0.25, 0.3) is 0 Å². The Labute approximate surface area is 458 Å². The van der Waals surface area contributed by atoms with Crippen LogP contribution >= 0.6 is 7.82 Å². The summed E-state index contributed by atoms with van der Waals surface area (Å²) in [6.45, 7) is 4.71. The van der Waals surface area contributed by atoms with Crippen LogP contribution in [0.4, 0.5) is 0 Å². The fourth-order valence-corrected chi connectivity index (χ4v) is 9.29. The van der Waals surface area contributed by atoms with Crippen molar-refractivity contribution in [1.29, 1.82) is 0 Å². The van der Waals surface area contributed by atoms with Crippen LogP contribution in [0.1, 0.15) is 258 Å². The minimum atomic E-state index is -4.35. The van der Waals surface area contributed by atoms with Gasteiger partial charge in [0.1, 0.15) is 13.2 Å². The first-order chi connectivity index (χ1) is 36.0. The smallest absolute Gasteiger partial charge is 0.387 e. The highest BCUT2D eigenvalue weighted by Gasteiger charge is 2.27. The van der Waals surface area contributed by atoms with Crippen LogP contribution in [0.5, 0.6) is 0 Å². The van der Waals surface area contributed by atoms with Gasteiger partial charge in [0.25, 0.3) is 0 Å². The van der Waals surface area contributed by atoms with E-state index in [1.807, 2.05) is 27.2 Å². The number of unbranched alkanes of at least 4 members (excludes halogenated alkanes) is 28. The number of aliphatic hydroxyl groups excluding tert-OH is 1. The van der Waals surface area contributed by atoms with E-state index in [1.165, 1.54) is 154 Å². The molecule has 0 bridgehead atoms. The molecule has 0 spiro atoms. The largest absolute Gasteiger partial charge is 0.472 e. The number of hydrogen-bond donors (Lipinski definition) is 3. The molecule has 1 amide bonds. The van der Waals surface area contributed by atoms with E-state index < -0.39 is 20.0 Å². The van der Waals surface area contributed by atoms with Crippen molar-refractivity contribution in [2.24, 2.45) is 0 Å². The fraction of sp³-hybridized carbons (Fsp3) is 0.738. The van der Waals surface area contributed by atoms with Gasteiger partial charge in [0.2, 0.25) is 5.91 Å². The van der Waals surface area contributed by atoms with Crippen LogP contribution in [-0.2, 0) is 18.4 Å². The summed E-state index contributed by atoms with van der Waals surface area (Å²) in [7, 11) is 1.56. The van der Waals surface area contributed by atoms with E-state index in [2.05, 4.69) is 104 Å². The lowest BCUT2D eigenvalue weighted by Gasteiger charge is -2.25. The Kier molecular flexibility index (Phi) is 53.3. The number of phosphoric ester groups is 1. The molecule has 3 unspecified atom stereocenters. The topological polar surface area (TPSA) is 105 Å². The van der Waals surface area contributed by atoms with E-state index in [9.17, 15) is 19.4 Å². The molecule has 0 rings (SSSR count). The molecule has 74 heavy (non-hydrogen) atoms. The molecule has 0 heterocycles. The zero-order chi connectivity index (χ0) is 54.2. The van der Waals surface area contributed by atoms with Gasteiger partial charge in [-0.3, -0.25) is 13.8 Å². The molecule has 0 radical (unpaired) electrons. The van der Waals surface area contributed by atoms with Crippen molar-refractivity contribution in [3.63, 3.8) is 0 Å². The number of rotatable bonds is 55. The van der Waals surface area contributed by atoms with Crippen LogP contribution < -0.4 is 5.32 Å². The zero-order valence-electron chi connectivity index (χ0n) is 48.8. The molecule has 0 aromatic carbocycles. The van der Waals surface area contributed by atoms with Crippen LogP contribution in [0.15, 0.2) is 97.2 Å². The average molecular weight is 1050 g/mol. The first-order valence-electron chi connectivity index (χ1n) is 30.6. The highest BCUT2D eigenvalue weighted by molar-refractivity contribution is 7.47. The molecule has 0 aliphatic carbocycles. The molecular weight excluding hydrogens is 936 g/mol. The van der Waals surface area contributed by atoms with Gasteiger partial charge in [-0.25, -0.2) is 4.57 Å². The molecule has 0 aliphatic heterocycles. The first-order valence-corrected chi connectivity index (χ1v) is 32.1. The molecule has 3 atom stereocenters. The molecule has 9 heteroatoms. The molecule has 428 valence electrons. The fourth-order valence-electron chi connectivity index (χ4n) is 8.55. The third kappa shape index (κ3) is 57.1. The Hall–Kier alpha value is -2.58. The van der Waals surface area contributed by atoms with Gasteiger partial charge in [-0.1, -0.05) is 272 Å². The van der Waals surface area contributed by atoms with Gasteiger partial charge in [0.05, 0.1) is 39.9 Å². The Bertz CT molecular complexity index is 1520. The van der Waals surface area contributed by atoms with Crippen molar-refractivity contribution in [2.75, 3.05) is 40.9 Å². The second-order valence-corrected chi connectivity index (χ2v) is 23.2. The third-order valence-corrected chi connectivity index (χ3v) is 14.3. The lowest BCUT2D eigenvalue weighted by molar-refractivity contribution is -0.870. The zero-order valence-corrected chi connectivity index (χ0v) is 49.7. The Morgan fingerprint density at radius 1 is 0.473 bits per heavy atom. The number of quaternary nitrogens is 1. The highest BCUT2D eigenvalue weighted by atomic mass is 31.2. The Morgan fingerprint density at radius 3 is 1.19 bits per heavy atom. The van der Waals surface area contributed by atoms with E-state index in [-0.39, 0.29) is 19.1 Å². The average Bonchev–Trinajstić information content (AvgIpc) is 3.36. The molecular formula is C65H118N2O6P+. The molecule has 0 fully saturated rings. The van der Waals surface area contributed by atoms with Crippen LogP contribution in [-0.4, -0.2) is 73.4 Å². The number of carbonyl (C=O) groups excluding carboxylic acids is 1. The summed E-state index contributed by atoms with van der Waals surface area (Å²) in [4.78, 5) is 23.3. The van der Waals surface area contributed by atoms with Gasteiger partial charge in [-0.15, -0.1) is 0 Å². The van der Waals surface area contributed by atoms with Gasteiger partial charge in [0.15, 0.2) is 0 Å². The van der Waals surface area contributed by atoms with Crippen LogP contribution in [0.3, 0.4) is 0 Å². The van der Waals surface area contributed by atoms with Crippen LogP contribution in [0, 0.1) is 0 Å². The normalized spacial score (nSPS) is 14.5. The van der Waals surface area contributed by atoms with Gasteiger partial charge >= 0.3 is 7.82 Å². The van der Waals surface area contributed by atoms with E-state index in [4.69, 9.17) is 9.05 Å². The predicted molar refractivity (Wildman–Crippen MR) is 322 cm³/mol. The Balaban J connectivity index is 4.17. The minimum absolute atomic E-state index is 0.0574. The maximum absolute atomic E-state index is 13.0. The summed E-state index contributed by atoms with van der Waals surface area (Å²) in [5.41, 5.74) is 0.